The van der Waals surface area contributed by atoms with Crippen LogP contribution in [0.25, 0.3) is 0 Å². The Labute approximate surface area is 96.1 Å². The molecular weight excluding hydrogens is 227 g/mol. The van der Waals surface area contributed by atoms with E-state index in [0.29, 0.717) is 0 Å². The van der Waals surface area contributed by atoms with Crippen LogP contribution in [-0.2, 0) is 7.05 Å². The molecule has 0 amide bonds. The van der Waals surface area contributed by atoms with Crippen LogP contribution in [0.1, 0.15) is 10.4 Å². The van der Waals surface area contributed by atoms with Crippen LogP contribution in [0.5, 0.6) is 11.5 Å². The molecule has 0 aliphatic rings. The fraction of sp³-hybridized carbons (Fsp3) is 0.0909. The van der Waals surface area contributed by atoms with Crippen LogP contribution in [-0.4, -0.2) is 20.9 Å². The van der Waals surface area contributed by atoms with Gasteiger partial charge in [0, 0.05) is 7.05 Å². The van der Waals surface area contributed by atoms with Crippen molar-refractivity contribution in [3.05, 3.63) is 42.0 Å². The van der Waals surface area contributed by atoms with Crippen LogP contribution in [0, 0.1) is 5.82 Å². The second-order valence-corrected chi connectivity index (χ2v) is 3.37. The Balaban J connectivity index is 2.40. The molecule has 0 spiro atoms. The first-order valence-corrected chi connectivity index (χ1v) is 4.76. The second-order valence-electron chi connectivity index (χ2n) is 3.37. The van der Waals surface area contributed by atoms with E-state index in [1.165, 1.54) is 29.2 Å². The summed E-state index contributed by atoms with van der Waals surface area (Å²) in [7, 11) is 1.67. The molecule has 1 N–H and O–H groups in total. The molecule has 1 aromatic carbocycles. The maximum atomic E-state index is 13.5. The van der Waals surface area contributed by atoms with Gasteiger partial charge in [0.25, 0.3) is 0 Å². The van der Waals surface area contributed by atoms with Gasteiger partial charge in [-0.05, 0) is 12.1 Å². The van der Waals surface area contributed by atoms with Gasteiger partial charge < -0.3 is 9.84 Å². The van der Waals surface area contributed by atoms with Gasteiger partial charge in [-0.2, -0.15) is 5.10 Å². The molecule has 0 aliphatic heterocycles. The lowest BCUT2D eigenvalue weighted by Gasteiger charge is -2.07. The first kappa shape index (κ1) is 11.1. The lowest BCUT2D eigenvalue weighted by Crippen LogP contribution is -2.01. The van der Waals surface area contributed by atoms with Crippen molar-refractivity contribution in [1.29, 1.82) is 0 Å². The maximum Gasteiger partial charge on any atom is 0.339 e. The van der Waals surface area contributed by atoms with Crippen molar-refractivity contribution in [3.8, 4) is 11.5 Å². The normalized spacial score (nSPS) is 10.2. The fourth-order valence-corrected chi connectivity index (χ4v) is 1.35. The first-order valence-electron chi connectivity index (χ1n) is 4.76. The van der Waals surface area contributed by atoms with E-state index < -0.39 is 11.8 Å². The summed E-state index contributed by atoms with van der Waals surface area (Å²) in [6.45, 7) is 0. The Bertz CT molecular complexity index is 566. The minimum Gasteiger partial charge on any atom is -0.478 e. The van der Waals surface area contributed by atoms with Crippen molar-refractivity contribution in [2.24, 2.45) is 7.05 Å². The van der Waals surface area contributed by atoms with E-state index in [0.717, 1.165) is 6.07 Å². The molecule has 6 heteroatoms. The monoisotopic (exact) mass is 236 g/mol. The third-order valence-corrected chi connectivity index (χ3v) is 2.10. The molecule has 0 atom stereocenters. The summed E-state index contributed by atoms with van der Waals surface area (Å²) in [4.78, 5) is 10.9. The number of hydrogen-bond acceptors (Lipinski definition) is 3. The van der Waals surface area contributed by atoms with Crippen molar-refractivity contribution in [1.82, 2.24) is 9.78 Å². The molecule has 0 saturated carbocycles. The molecular formula is C11H9FN2O3. The number of para-hydroxylation sites is 1. The van der Waals surface area contributed by atoms with E-state index in [1.807, 2.05) is 0 Å². The van der Waals surface area contributed by atoms with Crippen LogP contribution >= 0.6 is 0 Å². The van der Waals surface area contributed by atoms with Crippen molar-refractivity contribution in [2.75, 3.05) is 0 Å². The zero-order valence-corrected chi connectivity index (χ0v) is 8.92. The van der Waals surface area contributed by atoms with Gasteiger partial charge >= 0.3 is 5.97 Å². The number of benzene rings is 1. The Kier molecular flexibility index (Phi) is 2.78. The van der Waals surface area contributed by atoms with Crippen molar-refractivity contribution < 1.29 is 19.0 Å². The van der Waals surface area contributed by atoms with Crippen molar-refractivity contribution in [2.45, 2.75) is 0 Å². The van der Waals surface area contributed by atoms with Gasteiger partial charge in [0.2, 0.25) is 0 Å². The standard InChI is InChI=1S/C11H9FN2O3/c1-14-6-7(5-13-14)17-10-8(11(15)16)3-2-4-9(10)12/h2-6H,1H3,(H,15,16). The van der Waals surface area contributed by atoms with E-state index in [-0.39, 0.29) is 17.1 Å². The lowest BCUT2D eigenvalue weighted by atomic mass is 10.2. The number of carbonyl (C=O) groups is 1. The molecule has 5 nitrogen and oxygen atoms in total. The molecule has 17 heavy (non-hydrogen) atoms. The van der Waals surface area contributed by atoms with Crippen LogP contribution in [0.2, 0.25) is 0 Å². The van der Waals surface area contributed by atoms with Gasteiger partial charge in [0.05, 0.1) is 12.4 Å². The Morgan fingerprint density at radius 2 is 2.29 bits per heavy atom. The number of hydrogen-bond donors (Lipinski definition) is 1. The quantitative estimate of drug-likeness (QED) is 0.885. The smallest absolute Gasteiger partial charge is 0.339 e. The second kappa shape index (κ2) is 4.25. The number of halogens is 1. The molecule has 1 heterocycles. The van der Waals surface area contributed by atoms with Gasteiger partial charge in [-0.1, -0.05) is 6.07 Å². The van der Waals surface area contributed by atoms with Gasteiger partial charge in [-0.25, -0.2) is 9.18 Å². The topological polar surface area (TPSA) is 64.3 Å². The van der Waals surface area contributed by atoms with E-state index >= 15 is 0 Å². The van der Waals surface area contributed by atoms with Gasteiger partial charge in [-0.15, -0.1) is 0 Å². The molecule has 0 radical (unpaired) electrons. The van der Waals surface area contributed by atoms with Gasteiger partial charge in [-0.3, -0.25) is 4.68 Å². The zero-order valence-electron chi connectivity index (χ0n) is 8.92. The van der Waals surface area contributed by atoms with E-state index in [9.17, 15) is 9.18 Å². The summed E-state index contributed by atoms with van der Waals surface area (Å²) < 4.78 is 20.1. The zero-order chi connectivity index (χ0) is 12.4. The van der Waals surface area contributed by atoms with E-state index in [1.54, 1.807) is 7.05 Å². The number of aryl methyl sites for hydroxylation is 1. The minimum atomic E-state index is -1.25. The van der Waals surface area contributed by atoms with Crippen LogP contribution in [0.3, 0.4) is 0 Å². The summed E-state index contributed by atoms with van der Waals surface area (Å²) >= 11 is 0. The minimum absolute atomic E-state index is 0.228. The number of nitrogens with zero attached hydrogens (tertiary/aromatic N) is 2. The van der Waals surface area contributed by atoms with Crippen LogP contribution < -0.4 is 4.74 Å². The number of aromatic carboxylic acids is 1. The number of ether oxygens (including phenoxy) is 1. The van der Waals surface area contributed by atoms with Crippen LogP contribution in [0.15, 0.2) is 30.6 Å². The van der Waals surface area contributed by atoms with Crippen molar-refractivity contribution >= 4 is 5.97 Å². The highest BCUT2D eigenvalue weighted by Crippen LogP contribution is 2.27. The molecule has 88 valence electrons. The first-order chi connectivity index (χ1) is 8.08. The van der Waals surface area contributed by atoms with E-state index in [4.69, 9.17) is 9.84 Å². The molecule has 0 aliphatic carbocycles. The fourth-order valence-electron chi connectivity index (χ4n) is 1.35. The van der Waals surface area contributed by atoms with Gasteiger partial charge in [0.1, 0.15) is 5.56 Å². The number of carboxylic acid groups (broad SMARTS) is 1. The molecule has 0 unspecified atom stereocenters. The Morgan fingerprint density at radius 3 is 2.88 bits per heavy atom. The summed E-state index contributed by atoms with van der Waals surface area (Å²) in [6.07, 6.45) is 2.89. The number of rotatable bonds is 3. The highest BCUT2D eigenvalue weighted by Gasteiger charge is 2.16. The third kappa shape index (κ3) is 2.25. The molecule has 2 aromatic rings. The third-order valence-electron chi connectivity index (χ3n) is 2.10. The summed E-state index contributed by atoms with van der Waals surface area (Å²) in [5.41, 5.74) is -0.228. The van der Waals surface area contributed by atoms with Crippen molar-refractivity contribution in [3.63, 3.8) is 0 Å². The molecule has 2 rings (SSSR count). The molecule has 0 fully saturated rings. The largest absolute Gasteiger partial charge is 0.478 e. The Morgan fingerprint density at radius 1 is 1.53 bits per heavy atom. The predicted octanol–water partition coefficient (Wildman–Crippen LogP) is 2.05. The van der Waals surface area contributed by atoms with Gasteiger partial charge in [0.15, 0.2) is 17.3 Å². The summed E-state index contributed by atoms with van der Waals surface area (Å²) in [5.74, 6) is -2.01. The number of carboxylic acids is 1. The molecule has 0 bridgehead atoms. The summed E-state index contributed by atoms with van der Waals surface area (Å²) in [6, 6.07) is 3.73. The predicted molar refractivity (Wildman–Crippen MR) is 56.6 cm³/mol. The average molecular weight is 236 g/mol. The lowest BCUT2D eigenvalue weighted by molar-refractivity contribution is 0.0693. The SMILES string of the molecule is Cn1cc(Oc2c(F)cccc2C(=O)O)cn1. The van der Waals surface area contributed by atoms with E-state index in [2.05, 4.69) is 5.10 Å². The average Bonchev–Trinajstić information content (AvgIpc) is 2.67. The number of aromatic nitrogens is 2. The Hall–Kier alpha value is -2.37. The highest BCUT2D eigenvalue weighted by molar-refractivity contribution is 5.91. The van der Waals surface area contributed by atoms with Crippen LogP contribution in [0.4, 0.5) is 4.39 Å². The molecule has 1 aromatic heterocycles. The highest BCUT2D eigenvalue weighted by atomic mass is 19.1. The summed E-state index contributed by atoms with van der Waals surface area (Å²) in [5, 5.41) is 12.7. The molecule has 0 saturated heterocycles. The maximum absolute atomic E-state index is 13.5.